The SMILES string of the molecule is CCNc1nc(Nc2ccc(F)cc2F)cc(C2CC2)n1. The minimum atomic E-state index is -0.647. The van der Waals surface area contributed by atoms with Crippen molar-refractivity contribution in [2.45, 2.75) is 25.7 Å². The largest absolute Gasteiger partial charge is 0.354 e. The highest BCUT2D eigenvalue weighted by Crippen LogP contribution is 2.40. The molecule has 2 N–H and O–H groups in total. The van der Waals surface area contributed by atoms with Gasteiger partial charge in [-0.1, -0.05) is 0 Å². The Hall–Kier alpha value is -2.24. The summed E-state index contributed by atoms with van der Waals surface area (Å²) in [5.74, 6) is 0.239. The van der Waals surface area contributed by atoms with Crippen LogP contribution in [0.3, 0.4) is 0 Å². The Bertz CT molecular complexity index is 656. The maximum absolute atomic E-state index is 13.7. The molecule has 1 aliphatic carbocycles. The summed E-state index contributed by atoms with van der Waals surface area (Å²) in [4.78, 5) is 8.75. The standard InChI is InChI=1S/C15H16F2N4/c1-2-18-15-20-13(9-3-4-9)8-14(21-15)19-12-6-5-10(16)7-11(12)17/h5-9H,2-4H2,1H3,(H2,18,19,20,21). The number of rotatable bonds is 5. The number of benzene rings is 1. The first kappa shape index (κ1) is 13.7. The molecule has 2 aromatic rings. The molecule has 4 nitrogen and oxygen atoms in total. The number of anilines is 3. The summed E-state index contributed by atoms with van der Waals surface area (Å²) in [7, 11) is 0. The zero-order chi connectivity index (χ0) is 14.8. The summed E-state index contributed by atoms with van der Waals surface area (Å²) in [5.41, 5.74) is 1.14. The quantitative estimate of drug-likeness (QED) is 0.879. The molecule has 1 aromatic heterocycles. The molecule has 0 amide bonds. The predicted octanol–water partition coefficient (Wildman–Crippen LogP) is 3.81. The molecule has 0 unspecified atom stereocenters. The van der Waals surface area contributed by atoms with Crippen LogP contribution < -0.4 is 10.6 Å². The van der Waals surface area contributed by atoms with Gasteiger partial charge in [0, 0.05) is 24.6 Å². The van der Waals surface area contributed by atoms with Gasteiger partial charge in [0.1, 0.15) is 17.5 Å². The average Bonchev–Trinajstić information content (AvgIpc) is 3.27. The molecule has 0 atom stereocenters. The van der Waals surface area contributed by atoms with Crippen LogP contribution in [0.25, 0.3) is 0 Å². The van der Waals surface area contributed by atoms with Crippen molar-refractivity contribution < 1.29 is 8.78 Å². The van der Waals surface area contributed by atoms with Crippen molar-refractivity contribution in [1.29, 1.82) is 0 Å². The Balaban J connectivity index is 1.89. The van der Waals surface area contributed by atoms with Gasteiger partial charge in [0.15, 0.2) is 0 Å². The fraction of sp³-hybridized carbons (Fsp3) is 0.333. The van der Waals surface area contributed by atoms with Crippen LogP contribution in [0.5, 0.6) is 0 Å². The van der Waals surface area contributed by atoms with Gasteiger partial charge in [-0.3, -0.25) is 0 Å². The highest BCUT2D eigenvalue weighted by Gasteiger charge is 2.26. The van der Waals surface area contributed by atoms with Crippen molar-refractivity contribution in [3.63, 3.8) is 0 Å². The Morgan fingerprint density at radius 3 is 2.67 bits per heavy atom. The van der Waals surface area contributed by atoms with Crippen LogP contribution in [-0.2, 0) is 0 Å². The molecule has 0 radical (unpaired) electrons. The lowest BCUT2D eigenvalue weighted by atomic mass is 10.2. The maximum atomic E-state index is 13.7. The molecule has 0 bridgehead atoms. The normalized spacial score (nSPS) is 14.0. The van der Waals surface area contributed by atoms with E-state index in [0.29, 0.717) is 24.2 Å². The Morgan fingerprint density at radius 2 is 2.00 bits per heavy atom. The van der Waals surface area contributed by atoms with Crippen molar-refractivity contribution in [3.05, 3.63) is 41.6 Å². The number of aromatic nitrogens is 2. The third-order valence-electron chi connectivity index (χ3n) is 3.27. The van der Waals surface area contributed by atoms with E-state index in [9.17, 15) is 8.78 Å². The second-order valence-corrected chi connectivity index (χ2v) is 5.06. The van der Waals surface area contributed by atoms with Gasteiger partial charge in [-0.2, -0.15) is 4.98 Å². The first-order valence-corrected chi connectivity index (χ1v) is 7.00. The third kappa shape index (κ3) is 3.26. The van der Waals surface area contributed by atoms with E-state index in [0.717, 1.165) is 24.6 Å². The minimum Gasteiger partial charge on any atom is -0.354 e. The molecule has 0 spiro atoms. The lowest BCUT2D eigenvalue weighted by Gasteiger charge is -2.11. The van der Waals surface area contributed by atoms with E-state index in [1.54, 1.807) is 0 Å². The minimum absolute atomic E-state index is 0.194. The van der Waals surface area contributed by atoms with Crippen LogP contribution >= 0.6 is 0 Å². The van der Waals surface area contributed by atoms with Gasteiger partial charge in [0.05, 0.1) is 11.4 Å². The van der Waals surface area contributed by atoms with Crippen molar-refractivity contribution in [2.75, 3.05) is 17.2 Å². The van der Waals surface area contributed by atoms with E-state index in [1.807, 2.05) is 13.0 Å². The lowest BCUT2D eigenvalue weighted by molar-refractivity contribution is 0.586. The predicted molar refractivity (Wildman–Crippen MR) is 77.8 cm³/mol. The molecule has 0 saturated heterocycles. The number of hydrogen-bond donors (Lipinski definition) is 2. The number of hydrogen-bond acceptors (Lipinski definition) is 4. The van der Waals surface area contributed by atoms with Crippen molar-refractivity contribution in [3.8, 4) is 0 Å². The number of nitrogens with zero attached hydrogens (tertiary/aromatic N) is 2. The zero-order valence-electron chi connectivity index (χ0n) is 11.7. The molecule has 6 heteroatoms. The van der Waals surface area contributed by atoms with Crippen molar-refractivity contribution in [2.24, 2.45) is 0 Å². The highest BCUT2D eigenvalue weighted by molar-refractivity contribution is 5.58. The van der Waals surface area contributed by atoms with E-state index < -0.39 is 11.6 Å². The zero-order valence-corrected chi connectivity index (χ0v) is 11.7. The summed E-state index contributed by atoms with van der Waals surface area (Å²) in [5, 5.41) is 5.95. The van der Waals surface area contributed by atoms with Gasteiger partial charge < -0.3 is 10.6 Å². The van der Waals surface area contributed by atoms with Crippen LogP contribution in [-0.4, -0.2) is 16.5 Å². The van der Waals surface area contributed by atoms with Crippen LogP contribution in [0.2, 0.25) is 0 Å². The van der Waals surface area contributed by atoms with E-state index in [2.05, 4.69) is 20.6 Å². The summed E-state index contributed by atoms with van der Waals surface area (Å²) >= 11 is 0. The Labute approximate surface area is 121 Å². The van der Waals surface area contributed by atoms with Crippen LogP contribution in [0.1, 0.15) is 31.4 Å². The Morgan fingerprint density at radius 1 is 1.19 bits per heavy atom. The van der Waals surface area contributed by atoms with E-state index in [4.69, 9.17) is 0 Å². The van der Waals surface area contributed by atoms with E-state index in [-0.39, 0.29) is 5.69 Å². The fourth-order valence-electron chi connectivity index (χ4n) is 2.08. The molecule has 110 valence electrons. The summed E-state index contributed by atoms with van der Waals surface area (Å²) in [6.07, 6.45) is 2.24. The molecular formula is C15H16F2N4. The topological polar surface area (TPSA) is 49.8 Å². The smallest absolute Gasteiger partial charge is 0.224 e. The molecule has 1 saturated carbocycles. The van der Waals surface area contributed by atoms with E-state index in [1.165, 1.54) is 12.1 Å². The van der Waals surface area contributed by atoms with Crippen LogP contribution in [0.15, 0.2) is 24.3 Å². The first-order chi connectivity index (χ1) is 10.2. The second-order valence-electron chi connectivity index (χ2n) is 5.06. The van der Waals surface area contributed by atoms with E-state index >= 15 is 0 Å². The monoisotopic (exact) mass is 290 g/mol. The molecule has 1 heterocycles. The van der Waals surface area contributed by atoms with Gasteiger partial charge >= 0.3 is 0 Å². The van der Waals surface area contributed by atoms with Gasteiger partial charge in [0.25, 0.3) is 0 Å². The van der Waals surface area contributed by atoms with Gasteiger partial charge in [0.2, 0.25) is 5.95 Å². The summed E-state index contributed by atoms with van der Waals surface area (Å²) < 4.78 is 26.6. The van der Waals surface area contributed by atoms with Crippen LogP contribution in [0, 0.1) is 11.6 Å². The fourth-order valence-corrected chi connectivity index (χ4v) is 2.08. The first-order valence-electron chi connectivity index (χ1n) is 7.00. The van der Waals surface area contributed by atoms with Gasteiger partial charge in [-0.15, -0.1) is 0 Å². The molecule has 1 fully saturated rings. The van der Waals surface area contributed by atoms with Gasteiger partial charge in [-0.25, -0.2) is 13.8 Å². The number of nitrogens with one attached hydrogen (secondary N) is 2. The summed E-state index contributed by atoms with van der Waals surface area (Å²) in [6.45, 7) is 2.67. The highest BCUT2D eigenvalue weighted by atomic mass is 19.1. The van der Waals surface area contributed by atoms with Gasteiger partial charge in [-0.05, 0) is 31.9 Å². The maximum Gasteiger partial charge on any atom is 0.224 e. The third-order valence-corrected chi connectivity index (χ3v) is 3.27. The second kappa shape index (κ2) is 5.63. The Kier molecular flexibility index (Phi) is 3.68. The molecular weight excluding hydrogens is 274 g/mol. The molecule has 0 aliphatic heterocycles. The number of halogens is 2. The van der Waals surface area contributed by atoms with Crippen molar-refractivity contribution in [1.82, 2.24) is 9.97 Å². The molecule has 1 aromatic carbocycles. The lowest BCUT2D eigenvalue weighted by Crippen LogP contribution is -2.06. The molecule has 21 heavy (non-hydrogen) atoms. The molecule has 3 rings (SSSR count). The van der Waals surface area contributed by atoms with Crippen molar-refractivity contribution >= 4 is 17.5 Å². The molecule has 1 aliphatic rings. The van der Waals surface area contributed by atoms with Crippen LogP contribution in [0.4, 0.5) is 26.2 Å². The average molecular weight is 290 g/mol. The summed E-state index contributed by atoms with van der Waals surface area (Å²) in [6, 6.07) is 5.23.